The van der Waals surface area contributed by atoms with Gasteiger partial charge in [-0.2, -0.15) is 15.0 Å². The molecular formula is C19H20ClFN4O. The smallest absolute Gasteiger partial charge is 0.124 e. The van der Waals surface area contributed by atoms with E-state index in [1.165, 1.54) is 12.1 Å². The van der Waals surface area contributed by atoms with Gasteiger partial charge in [0.2, 0.25) is 0 Å². The van der Waals surface area contributed by atoms with Crippen LogP contribution in [-0.4, -0.2) is 35.3 Å². The van der Waals surface area contributed by atoms with Crippen LogP contribution in [0.3, 0.4) is 0 Å². The molecule has 1 heterocycles. The van der Waals surface area contributed by atoms with Crippen molar-refractivity contribution in [1.82, 2.24) is 20.3 Å². The third kappa shape index (κ3) is 4.66. The van der Waals surface area contributed by atoms with Crippen LogP contribution >= 0.6 is 11.6 Å². The minimum atomic E-state index is -0.361. The Morgan fingerprint density at radius 1 is 1.15 bits per heavy atom. The van der Waals surface area contributed by atoms with Crippen molar-refractivity contribution in [1.29, 1.82) is 0 Å². The zero-order valence-corrected chi connectivity index (χ0v) is 15.2. The summed E-state index contributed by atoms with van der Waals surface area (Å²) in [4.78, 5) is 1.59. The fourth-order valence-electron chi connectivity index (χ4n) is 2.58. The molecule has 0 aliphatic heterocycles. The molecule has 0 amide bonds. The first-order valence-electron chi connectivity index (χ1n) is 8.30. The lowest BCUT2D eigenvalue weighted by Crippen LogP contribution is -2.19. The first-order valence-corrected chi connectivity index (χ1v) is 8.68. The van der Waals surface area contributed by atoms with Gasteiger partial charge in [0.1, 0.15) is 17.2 Å². The topological polar surface area (TPSA) is 52.0 Å². The van der Waals surface area contributed by atoms with Crippen LogP contribution in [0.25, 0.3) is 11.3 Å². The van der Waals surface area contributed by atoms with Gasteiger partial charge in [-0.25, -0.2) is 4.39 Å². The van der Waals surface area contributed by atoms with E-state index in [-0.39, 0.29) is 5.82 Å². The highest BCUT2D eigenvalue weighted by molar-refractivity contribution is 6.31. The summed E-state index contributed by atoms with van der Waals surface area (Å²) >= 11 is 6.13. The maximum atomic E-state index is 13.2. The van der Waals surface area contributed by atoms with Crippen molar-refractivity contribution in [3.63, 3.8) is 0 Å². The summed E-state index contributed by atoms with van der Waals surface area (Å²) in [6, 6.07) is 14.2. The highest BCUT2D eigenvalue weighted by atomic mass is 35.5. The third-order valence-corrected chi connectivity index (χ3v) is 4.23. The highest BCUT2D eigenvalue weighted by Crippen LogP contribution is 2.22. The van der Waals surface area contributed by atoms with Crippen molar-refractivity contribution < 1.29 is 9.13 Å². The first kappa shape index (κ1) is 18.5. The van der Waals surface area contributed by atoms with Crippen LogP contribution in [0.15, 0.2) is 48.5 Å². The van der Waals surface area contributed by atoms with Crippen LogP contribution in [0.2, 0.25) is 5.02 Å². The minimum Gasteiger partial charge on any atom is -0.383 e. The van der Waals surface area contributed by atoms with Crippen LogP contribution in [0, 0.1) is 5.82 Å². The fourth-order valence-corrected chi connectivity index (χ4v) is 2.80. The van der Waals surface area contributed by atoms with Gasteiger partial charge in [-0.1, -0.05) is 48.0 Å². The van der Waals surface area contributed by atoms with Gasteiger partial charge in [-0.15, -0.1) is 0 Å². The summed E-state index contributed by atoms with van der Waals surface area (Å²) in [5, 5.41) is 12.9. The Hall–Kier alpha value is -2.28. The molecule has 0 bridgehead atoms. The van der Waals surface area contributed by atoms with E-state index in [1.54, 1.807) is 18.0 Å². The van der Waals surface area contributed by atoms with Gasteiger partial charge < -0.3 is 10.1 Å². The summed E-state index contributed by atoms with van der Waals surface area (Å²) in [7, 11) is 1.67. The van der Waals surface area contributed by atoms with Crippen molar-refractivity contribution in [2.45, 2.75) is 13.1 Å². The Bertz CT molecular complexity index is 854. The SMILES string of the molecule is COCCNCc1nn(Cc2ccc(F)cc2Cl)nc1-c1ccccc1. The number of aromatic nitrogens is 3. The molecule has 0 fully saturated rings. The van der Waals surface area contributed by atoms with Crippen LogP contribution in [0.4, 0.5) is 4.39 Å². The summed E-state index contributed by atoms with van der Waals surface area (Å²) < 4.78 is 18.3. The number of methoxy groups -OCH3 is 1. The summed E-state index contributed by atoms with van der Waals surface area (Å²) in [6.07, 6.45) is 0. The van der Waals surface area contributed by atoms with E-state index in [0.717, 1.165) is 29.1 Å². The van der Waals surface area contributed by atoms with Crippen molar-refractivity contribution in [2.24, 2.45) is 0 Å². The van der Waals surface area contributed by atoms with Crippen LogP contribution in [0.1, 0.15) is 11.3 Å². The molecule has 136 valence electrons. The maximum Gasteiger partial charge on any atom is 0.124 e. The van der Waals surface area contributed by atoms with E-state index in [4.69, 9.17) is 16.3 Å². The summed E-state index contributed by atoms with van der Waals surface area (Å²) in [5.41, 5.74) is 3.41. The number of halogens is 2. The quantitative estimate of drug-likeness (QED) is 0.613. The molecule has 5 nitrogen and oxygen atoms in total. The van der Waals surface area contributed by atoms with Crippen molar-refractivity contribution in [3.05, 3.63) is 70.6 Å². The molecule has 0 spiro atoms. The molecule has 2 aromatic carbocycles. The Morgan fingerprint density at radius 2 is 1.96 bits per heavy atom. The van der Waals surface area contributed by atoms with E-state index >= 15 is 0 Å². The molecule has 0 aliphatic carbocycles. The molecular weight excluding hydrogens is 355 g/mol. The zero-order chi connectivity index (χ0) is 18.4. The van der Waals surface area contributed by atoms with Crippen LogP contribution < -0.4 is 5.32 Å². The van der Waals surface area contributed by atoms with E-state index in [9.17, 15) is 4.39 Å². The molecule has 0 saturated carbocycles. The molecule has 3 rings (SSSR count). The standard InChI is InChI=1S/C19H20ClFN4O/c1-26-10-9-22-12-18-19(14-5-3-2-4-6-14)24-25(23-18)13-15-7-8-16(21)11-17(15)20/h2-8,11,22H,9-10,12-13H2,1H3. The second-order valence-corrected chi connectivity index (χ2v) is 6.20. The number of hydrogen-bond donors (Lipinski definition) is 1. The molecule has 0 radical (unpaired) electrons. The molecule has 1 N–H and O–H groups in total. The lowest BCUT2D eigenvalue weighted by atomic mass is 10.1. The second kappa shape index (κ2) is 8.89. The van der Waals surface area contributed by atoms with E-state index in [1.807, 2.05) is 30.3 Å². The molecule has 1 aromatic heterocycles. The zero-order valence-electron chi connectivity index (χ0n) is 14.5. The van der Waals surface area contributed by atoms with E-state index in [2.05, 4.69) is 15.5 Å². The fraction of sp³-hybridized carbons (Fsp3) is 0.263. The molecule has 7 heteroatoms. The van der Waals surface area contributed by atoms with Gasteiger partial charge in [0.15, 0.2) is 0 Å². The van der Waals surface area contributed by atoms with Gasteiger partial charge in [-0.3, -0.25) is 0 Å². The number of ether oxygens (including phenoxy) is 1. The molecule has 0 aliphatic rings. The third-order valence-electron chi connectivity index (χ3n) is 3.87. The summed E-state index contributed by atoms with van der Waals surface area (Å²) in [6.45, 7) is 2.29. The number of nitrogens with one attached hydrogen (secondary N) is 1. The monoisotopic (exact) mass is 374 g/mol. The number of nitrogens with zero attached hydrogens (tertiary/aromatic N) is 3. The average molecular weight is 375 g/mol. The predicted molar refractivity (Wildman–Crippen MR) is 99.6 cm³/mol. The second-order valence-electron chi connectivity index (χ2n) is 5.80. The van der Waals surface area contributed by atoms with Gasteiger partial charge in [0, 0.05) is 30.8 Å². The van der Waals surface area contributed by atoms with Gasteiger partial charge in [0.05, 0.1) is 13.2 Å². The van der Waals surface area contributed by atoms with Crippen LogP contribution in [0.5, 0.6) is 0 Å². The van der Waals surface area contributed by atoms with E-state index < -0.39 is 0 Å². The Morgan fingerprint density at radius 3 is 2.69 bits per heavy atom. The number of benzene rings is 2. The molecule has 0 unspecified atom stereocenters. The lowest BCUT2D eigenvalue weighted by Gasteiger charge is -2.03. The molecule has 26 heavy (non-hydrogen) atoms. The highest BCUT2D eigenvalue weighted by Gasteiger charge is 2.14. The van der Waals surface area contributed by atoms with Gasteiger partial charge >= 0.3 is 0 Å². The maximum absolute atomic E-state index is 13.2. The van der Waals surface area contributed by atoms with Crippen molar-refractivity contribution in [3.8, 4) is 11.3 Å². The Labute approximate surface area is 156 Å². The molecule has 3 aromatic rings. The summed E-state index contributed by atoms with van der Waals surface area (Å²) in [5.74, 6) is -0.361. The normalized spacial score (nSPS) is 11.0. The van der Waals surface area contributed by atoms with Crippen LogP contribution in [-0.2, 0) is 17.8 Å². The number of hydrogen-bond acceptors (Lipinski definition) is 4. The van der Waals surface area contributed by atoms with Gasteiger partial charge in [0.25, 0.3) is 0 Å². The molecule has 0 saturated heterocycles. The first-order chi connectivity index (χ1) is 12.7. The lowest BCUT2D eigenvalue weighted by molar-refractivity contribution is 0.199. The Kier molecular flexibility index (Phi) is 6.33. The predicted octanol–water partition coefficient (Wildman–Crippen LogP) is 3.52. The van der Waals surface area contributed by atoms with Gasteiger partial charge in [-0.05, 0) is 17.7 Å². The molecule has 0 atom stereocenters. The minimum absolute atomic E-state index is 0.361. The van der Waals surface area contributed by atoms with E-state index in [0.29, 0.717) is 24.7 Å². The number of rotatable bonds is 8. The average Bonchev–Trinajstić information content (AvgIpc) is 3.05. The van der Waals surface area contributed by atoms with Crippen molar-refractivity contribution in [2.75, 3.05) is 20.3 Å². The Balaban J connectivity index is 1.85. The largest absolute Gasteiger partial charge is 0.383 e. The van der Waals surface area contributed by atoms with Crippen molar-refractivity contribution >= 4 is 11.6 Å².